The molecule has 1 saturated heterocycles. The number of hydrogen-bond donors (Lipinski definition) is 4. The third kappa shape index (κ3) is 10.5. The summed E-state index contributed by atoms with van der Waals surface area (Å²) < 4.78 is 39.9. The van der Waals surface area contributed by atoms with Gasteiger partial charge < -0.3 is 30.3 Å². The predicted molar refractivity (Wildman–Crippen MR) is 122 cm³/mol. The molecule has 4 atom stereocenters. The van der Waals surface area contributed by atoms with Crippen LogP contribution in [0.3, 0.4) is 0 Å². The zero-order valence-electron chi connectivity index (χ0n) is 21.1. The van der Waals surface area contributed by atoms with Gasteiger partial charge in [-0.25, -0.2) is 13.2 Å². The Kier molecular flexibility index (Phi) is 13.5. The second-order valence-electron chi connectivity index (χ2n) is 9.79. The summed E-state index contributed by atoms with van der Waals surface area (Å²) in [4.78, 5) is 37.4. The summed E-state index contributed by atoms with van der Waals surface area (Å²) in [5, 5.41) is 17.6. The Hall–Kier alpha value is -0.920. The van der Waals surface area contributed by atoms with Crippen LogP contribution in [0.2, 0.25) is 0 Å². The first kappa shape index (κ1) is 32.1. The van der Waals surface area contributed by atoms with Gasteiger partial charge in [0.25, 0.3) is 0 Å². The minimum atomic E-state index is -5.16. The van der Waals surface area contributed by atoms with Gasteiger partial charge in [-0.3, -0.25) is 9.59 Å². The Bertz CT molecular complexity index is 818. The van der Waals surface area contributed by atoms with Gasteiger partial charge in [-0.1, -0.05) is 27.2 Å². The summed E-state index contributed by atoms with van der Waals surface area (Å²) in [7, 11) is -5.16. The first-order valence-corrected chi connectivity index (χ1v) is 13.6. The van der Waals surface area contributed by atoms with Crippen LogP contribution in [-0.4, -0.2) is 66.2 Å². The Morgan fingerprint density at radius 1 is 1.17 bits per heavy atom. The van der Waals surface area contributed by atoms with E-state index in [0.717, 1.165) is 32.1 Å². The number of rotatable bonds is 11. The fraction of sp³-hybridized carbons (Fsp3) is 0.864. The number of aliphatic hydroxyl groups is 1. The van der Waals surface area contributed by atoms with Crippen LogP contribution in [0.5, 0.6) is 0 Å². The third-order valence-electron chi connectivity index (χ3n) is 6.63. The number of alkyl carbamates (subject to hydrolysis) is 1. The fourth-order valence-corrected chi connectivity index (χ4v) is 5.18. The molecule has 0 bridgehead atoms. The van der Waals surface area contributed by atoms with Gasteiger partial charge in [0, 0.05) is 12.5 Å². The van der Waals surface area contributed by atoms with E-state index in [2.05, 4.69) is 22.9 Å². The third-order valence-corrected chi connectivity index (χ3v) is 7.55. The molecule has 196 valence electrons. The van der Waals surface area contributed by atoms with E-state index in [1.807, 2.05) is 13.8 Å². The molecule has 3 amide bonds. The molecule has 2 aliphatic rings. The topological polar surface area (TPSA) is 174 Å². The van der Waals surface area contributed by atoms with Crippen molar-refractivity contribution in [3.05, 3.63) is 0 Å². The first-order chi connectivity index (χ1) is 15.9. The Morgan fingerprint density at radius 2 is 1.80 bits per heavy atom. The van der Waals surface area contributed by atoms with E-state index < -0.39 is 45.6 Å². The normalized spacial score (nSPS) is 25.1. The average Bonchev–Trinajstić information content (AvgIpc) is 3.16. The maximum Gasteiger partial charge on any atom is 1.00 e. The van der Waals surface area contributed by atoms with Gasteiger partial charge in [0.1, 0.15) is 22.3 Å². The molecule has 0 aromatic heterocycles. The van der Waals surface area contributed by atoms with E-state index >= 15 is 0 Å². The number of hydrogen-bond acceptors (Lipinski definition) is 8. The van der Waals surface area contributed by atoms with E-state index in [1.54, 1.807) is 0 Å². The number of carbonyl (C=O) groups excluding carboxylic acids is 3. The van der Waals surface area contributed by atoms with Gasteiger partial charge >= 0.3 is 35.7 Å². The maximum absolute atomic E-state index is 13.0. The van der Waals surface area contributed by atoms with E-state index in [0.29, 0.717) is 18.9 Å². The van der Waals surface area contributed by atoms with Gasteiger partial charge in [-0.2, -0.15) is 0 Å². The minimum absolute atomic E-state index is 0. The fourth-order valence-electron chi connectivity index (χ4n) is 4.60. The molecule has 0 aromatic rings. The number of aliphatic hydroxyl groups excluding tert-OH is 1. The summed E-state index contributed by atoms with van der Waals surface area (Å²) in [5.41, 5.74) is -2.43. The molecule has 35 heavy (non-hydrogen) atoms. The van der Waals surface area contributed by atoms with Gasteiger partial charge in [-0.15, -0.1) is 0 Å². The van der Waals surface area contributed by atoms with Crippen LogP contribution >= 0.6 is 0 Å². The second kappa shape index (κ2) is 14.7. The van der Waals surface area contributed by atoms with Crippen LogP contribution in [0.15, 0.2) is 0 Å². The average molecular weight is 528 g/mol. The zero-order chi connectivity index (χ0) is 25.5. The van der Waals surface area contributed by atoms with Crippen molar-refractivity contribution in [1.29, 1.82) is 0 Å². The Balaban J connectivity index is 0.00000612. The Labute approximate surface area is 229 Å². The minimum Gasteiger partial charge on any atom is -0.746 e. The molecule has 0 aromatic carbocycles. The number of amides is 3. The van der Waals surface area contributed by atoms with Crippen molar-refractivity contribution in [2.75, 3.05) is 6.54 Å². The molecule has 4 N–H and O–H groups in total. The largest absolute Gasteiger partial charge is 1.00 e. The first-order valence-electron chi connectivity index (χ1n) is 12.1. The van der Waals surface area contributed by atoms with E-state index in [4.69, 9.17) is 4.74 Å². The molecule has 1 unspecified atom stereocenters. The molecule has 0 radical (unpaired) electrons. The van der Waals surface area contributed by atoms with E-state index in [-0.39, 0.29) is 60.3 Å². The van der Waals surface area contributed by atoms with Crippen LogP contribution in [-0.2, 0) is 24.4 Å². The van der Waals surface area contributed by atoms with Crippen LogP contribution in [0.25, 0.3) is 0 Å². The van der Waals surface area contributed by atoms with Crippen molar-refractivity contribution in [2.45, 2.75) is 95.8 Å². The predicted octanol–water partition coefficient (Wildman–Crippen LogP) is -2.03. The molecular weight excluding hydrogens is 489 g/mol. The smallest absolute Gasteiger partial charge is 0.746 e. The zero-order valence-corrected chi connectivity index (χ0v) is 23.9. The molecular formula is C22H38N3NaO8S. The Morgan fingerprint density at radius 3 is 2.29 bits per heavy atom. The summed E-state index contributed by atoms with van der Waals surface area (Å²) in [6.45, 7) is 6.20. The molecule has 1 aliphatic heterocycles. The van der Waals surface area contributed by atoms with Crippen LogP contribution in [0.1, 0.15) is 72.1 Å². The van der Waals surface area contributed by atoms with Crippen molar-refractivity contribution in [3.8, 4) is 0 Å². The van der Waals surface area contributed by atoms with Crippen LogP contribution < -0.4 is 45.5 Å². The standard InChI is InChI=1S/C22H39N3O8S.Na/c1-4-14-5-7-16(8-6-14)33-22(29)25-17(11-13(2)3)20(27)24-18(21(28)34(30,31)32)12-15-9-10-23-19(15)26;/h13-18,21,28H,4-12H2,1-3H3,(H,23,26)(H,24,27)(H,25,29)(H,30,31,32);/q;+1/p-1/t14?,15-,16?,17-,18-,21?;/m0./s1. The van der Waals surface area contributed by atoms with Crippen molar-refractivity contribution in [3.63, 3.8) is 0 Å². The van der Waals surface area contributed by atoms with Crippen molar-refractivity contribution in [2.24, 2.45) is 17.8 Å². The molecule has 13 heteroatoms. The summed E-state index contributed by atoms with van der Waals surface area (Å²) >= 11 is 0. The van der Waals surface area contributed by atoms with Crippen molar-refractivity contribution < 1.29 is 66.8 Å². The summed E-state index contributed by atoms with van der Waals surface area (Å²) in [6.07, 6.45) is 3.96. The summed E-state index contributed by atoms with van der Waals surface area (Å²) in [5.74, 6) is -1.13. The molecule has 0 spiro atoms. The number of ether oxygens (including phenoxy) is 1. The van der Waals surface area contributed by atoms with E-state index in [1.165, 1.54) is 0 Å². The van der Waals surface area contributed by atoms with Gasteiger partial charge in [0.2, 0.25) is 11.8 Å². The maximum atomic E-state index is 13.0. The van der Waals surface area contributed by atoms with Crippen LogP contribution in [0.4, 0.5) is 4.79 Å². The van der Waals surface area contributed by atoms with Crippen LogP contribution in [0, 0.1) is 17.8 Å². The molecule has 2 fully saturated rings. The van der Waals surface area contributed by atoms with Gasteiger partial charge in [-0.05, 0) is 56.8 Å². The van der Waals surface area contributed by atoms with Gasteiger partial charge in [0.05, 0.1) is 6.04 Å². The molecule has 1 aliphatic carbocycles. The molecule has 1 saturated carbocycles. The van der Waals surface area contributed by atoms with E-state index in [9.17, 15) is 32.5 Å². The SMILES string of the molecule is CCC1CCC(OC(=O)N[C@@H](CC(C)C)C(=O)N[C@@H](C[C@@H]2CCNC2=O)C(O)S(=O)(=O)[O-])CC1.[Na+]. The molecule has 11 nitrogen and oxygen atoms in total. The number of carbonyl (C=O) groups is 3. The molecule has 2 rings (SSSR count). The second-order valence-corrected chi connectivity index (χ2v) is 11.3. The summed E-state index contributed by atoms with van der Waals surface area (Å²) in [6, 6.07) is -2.57. The van der Waals surface area contributed by atoms with Gasteiger partial charge in [0.15, 0.2) is 5.44 Å². The monoisotopic (exact) mass is 527 g/mol. The molecule has 1 heterocycles. The van der Waals surface area contributed by atoms with Crippen molar-refractivity contribution >= 4 is 28.0 Å². The van der Waals surface area contributed by atoms with Crippen molar-refractivity contribution in [1.82, 2.24) is 16.0 Å². The number of nitrogens with one attached hydrogen (secondary N) is 3. The quantitative estimate of drug-likeness (QED) is 0.176.